The Hall–Kier alpha value is -3.27. The van der Waals surface area contributed by atoms with Crippen molar-refractivity contribution < 1.29 is 14.3 Å². The molecular weight excluding hydrogens is 350 g/mol. The van der Waals surface area contributed by atoms with Gasteiger partial charge in [0.2, 0.25) is 0 Å². The minimum absolute atomic E-state index is 0.178. The molecule has 1 amide bonds. The first-order chi connectivity index (χ1) is 13.7. The van der Waals surface area contributed by atoms with Gasteiger partial charge in [-0.25, -0.2) is 0 Å². The van der Waals surface area contributed by atoms with Crippen molar-refractivity contribution in [2.45, 2.75) is 19.8 Å². The molecule has 0 aliphatic carbocycles. The van der Waals surface area contributed by atoms with Crippen LogP contribution in [0.2, 0.25) is 0 Å². The highest BCUT2D eigenvalue weighted by atomic mass is 16.5. The molecule has 0 aromatic heterocycles. The Balaban J connectivity index is 1.52. The van der Waals surface area contributed by atoms with Gasteiger partial charge in [-0.05, 0) is 55.7 Å². The van der Waals surface area contributed by atoms with E-state index in [0.717, 1.165) is 18.6 Å². The van der Waals surface area contributed by atoms with E-state index in [4.69, 9.17) is 9.47 Å². The maximum atomic E-state index is 12.5. The fourth-order valence-electron chi connectivity index (χ4n) is 2.87. The molecule has 0 fully saturated rings. The Morgan fingerprint density at radius 2 is 1.61 bits per heavy atom. The highest BCUT2D eigenvalue weighted by Crippen LogP contribution is 2.20. The topological polar surface area (TPSA) is 47.6 Å². The van der Waals surface area contributed by atoms with Crippen LogP contribution in [0, 0.1) is 0 Å². The lowest BCUT2D eigenvalue weighted by Gasteiger charge is -2.10. The van der Waals surface area contributed by atoms with Crippen molar-refractivity contribution in [2.75, 3.05) is 18.5 Å². The minimum atomic E-state index is -0.178. The summed E-state index contributed by atoms with van der Waals surface area (Å²) in [6.07, 6.45) is 1.91. The Morgan fingerprint density at radius 1 is 0.857 bits per heavy atom. The van der Waals surface area contributed by atoms with Gasteiger partial charge in [0.05, 0.1) is 13.2 Å². The lowest BCUT2D eigenvalue weighted by molar-refractivity contribution is 0.102. The van der Waals surface area contributed by atoms with Crippen molar-refractivity contribution in [3.05, 3.63) is 90.0 Å². The number of hydrogen-bond acceptors (Lipinski definition) is 3. The number of amides is 1. The van der Waals surface area contributed by atoms with Crippen molar-refractivity contribution in [1.29, 1.82) is 0 Å². The molecule has 0 atom stereocenters. The monoisotopic (exact) mass is 375 g/mol. The average molecular weight is 375 g/mol. The number of benzene rings is 3. The zero-order chi connectivity index (χ0) is 19.6. The van der Waals surface area contributed by atoms with Crippen LogP contribution in [-0.4, -0.2) is 19.1 Å². The first-order valence-electron chi connectivity index (χ1n) is 9.55. The number of ether oxygens (including phenoxy) is 2. The molecule has 0 saturated carbocycles. The molecule has 28 heavy (non-hydrogen) atoms. The zero-order valence-electron chi connectivity index (χ0n) is 16.1. The first-order valence-corrected chi connectivity index (χ1v) is 9.55. The highest BCUT2D eigenvalue weighted by molar-refractivity contribution is 6.04. The molecule has 0 aliphatic rings. The van der Waals surface area contributed by atoms with Crippen LogP contribution < -0.4 is 14.8 Å². The van der Waals surface area contributed by atoms with Crippen LogP contribution in [0.4, 0.5) is 5.69 Å². The van der Waals surface area contributed by atoms with Crippen LogP contribution in [0.15, 0.2) is 78.9 Å². The summed E-state index contributed by atoms with van der Waals surface area (Å²) >= 11 is 0. The van der Waals surface area contributed by atoms with Gasteiger partial charge in [-0.15, -0.1) is 0 Å². The van der Waals surface area contributed by atoms with Gasteiger partial charge in [0, 0.05) is 17.3 Å². The fourth-order valence-corrected chi connectivity index (χ4v) is 2.87. The summed E-state index contributed by atoms with van der Waals surface area (Å²) in [5.74, 6) is 1.25. The van der Waals surface area contributed by atoms with E-state index in [1.807, 2.05) is 61.5 Å². The Bertz CT molecular complexity index is 893. The van der Waals surface area contributed by atoms with E-state index >= 15 is 0 Å². The molecule has 0 bridgehead atoms. The second-order valence-corrected chi connectivity index (χ2v) is 6.38. The number of carbonyl (C=O) groups is 1. The quantitative estimate of drug-likeness (QED) is 0.513. The maximum Gasteiger partial charge on any atom is 0.255 e. The molecule has 3 aromatic carbocycles. The Labute approximate surface area is 166 Å². The summed E-state index contributed by atoms with van der Waals surface area (Å²) in [5, 5.41) is 2.91. The lowest BCUT2D eigenvalue weighted by atomic mass is 10.1. The van der Waals surface area contributed by atoms with Crippen LogP contribution in [-0.2, 0) is 6.42 Å². The highest BCUT2D eigenvalue weighted by Gasteiger charge is 2.08. The molecule has 0 saturated heterocycles. The fraction of sp³-hybridized carbons (Fsp3) is 0.208. The van der Waals surface area contributed by atoms with E-state index in [1.54, 1.807) is 12.1 Å². The van der Waals surface area contributed by atoms with Gasteiger partial charge in [0.25, 0.3) is 5.91 Å². The van der Waals surface area contributed by atoms with Gasteiger partial charge in [0.15, 0.2) is 0 Å². The Morgan fingerprint density at radius 3 is 2.39 bits per heavy atom. The molecule has 3 aromatic rings. The second-order valence-electron chi connectivity index (χ2n) is 6.38. The van der Waals surface area contributed by atoms with Crippen LogP contribution in [0.25, 0.3) is 0 Å². The number of nitrogens with one attached hydrogen (secondary N) is 1. The minimum Gasteiger partial charge on any atom is -0.494 e. The molecule has 0 unspecified atom stereocenters. The molecule has 144 valence electrons. The number of carbonyl (C=O) groups excluding carboxylic acids is 1. The van der Waals surface area contributed by atoms with Crippen molar-refractivity contribution in [1.82, 2.24) is 0 Å². The van der Waals surface area contributed by atoms with Crippen molar-refractivity contribution in [3.63, 3.8) is 0 Å². The third-order valence-corrected chi connectivity index (χ3v) is 4.22. The third-order valence-electron chi connectivity index (χ3n) is 4.22. The van der Waals surface area contributed by atoms with Crippen LogP contribution in [0.5, 0.6) is 11.5 Å². The predicted molar refractivity (Wildman–Crippen MR) is 112 cm³/mol. The summed E-state index contributed by atoms with van der Waals surface area (Å²) in [6.45, 7) is 3.11. The molecule has 0 spiro atoms. The van der Waals surface area contributed by atoms with Crippen molar-refractivity contribution in [2.24, 2.45) is 0 Å². The summed E-state index contributed by atoms with van der Waals surface area (Å²) in [6, 6.07) is 25.0. The maximum absolute atomic E-state index is 12.5. The standard InChI is InChI=1S/C24H25NO3/c1-2-27-22-14-6-12-20(17-22)24(26)25-21-13-7-15-23(18-21)28-16-8-11-19-9-4-3-5-10-19/h3-7,9-10,12-15,17-18H,2,8,11,16H2,1H3,(H,25,26). The van der Waals surface area contributed by atoms with Crippen molar-refractivity contribution >= 4 is 11.6 Å². The van der Waals surface area contributed by atoms with E-state index < -0.39 is 0 Å². The molecule has 1 N–H and O–H groups in total. The SMILES string of the molecule is CCOc1cccc(C(=O)Nc2cccc(OCCCc3ccccc3)c2)c1. The average Bonchev–Trinajstić information content (AvgIpc) is 2.73. The summed E-state index contributed by atoms with van der Waals surface area (Å²) < 4.78 is 11.3. The smallest absolute Gasteiger partial charge is 0.255 e. The lowest BCUT2D eigenvalue weighted by Crippen LogP contribution is -2.12. The molecule has 0 radical (unpaired) electrons. The number of rotatable bonds is 9. The van der Waals surface area contributed by atoms with E-state index in [2.05, 4.69) is 17.4 Å². The Kier molecular flexibility index (Phi) is 7.08. The molecule has 0 heterocycles. The van der Waals surface area contributed by atoms with Gasteiger partial charge in [0.1, 0.15) is 11.5 Å². The largest absolute Gasteiger partial charge is 0.494 e. The summed E-state index contributed by atoms with van der Waals surface area (Å²) in [4.78, 5) is 12.5. The predicted octanol–water partition coefficient (Wildman–Crippen LogP) is 5.35. The summed E-state index contributed by atoms with van der Waals surface area (Å²) in [5.41, 5.74) is 2.56. The van der Waals surface area contributed by atoms with Gasteiger partial charge in [-0.1, -0.05) is 42.5 Å². The molecular formula is C24H25NO3. The molecule has 0 aliphatic heterocycles. The van der Waals surface area contributed by atoms with Crippen LogP contribution in [0.3, 0.4) is 0 Å². The number of aryl methyl sites for hydroxylation is 1. The number of anilines is 1. The van der Waals surface area contributed by atoms with Crippen LogP contribution in [0.1, 0.15) is 29.3 Å². The van der Waals surface area contributed by atoms with Crippen molar-refractivity contribution in [3.8, 4) is 11.5 Å². The zero-order valence-corrected chi connectivity index (χ0v) is 16.1. The van der Waals surface area contributed by atoms with Gasteiger partial charge in [-0.3, -0.25) is 4.79 Å². The molecule has 4 heteroatoms. The van der Waals surface area contributed by atoms with E-state index in [1.165, 1.54) is 5.56 Å². The normalized spacial score (nSPS) is 10.3. The van der Waals surface area contributed by atoms with E-state index in [-0.39, 0.29) is 5.91 Å². The van der Waals surface area contributed by atoms with E-state index in [9.17, 15) is 4.79 Å². The third kappa shape index (κ3) is 5.88. The molecule has 4 nitrogen and oxygen atoms in total. The first kappa shape index (κ1) is 19.5. The van der Waals surface area contributed by atoms with Crippen LogP contribution >= 0.6 is 0 Å². The second kappa shape index (κ2) is 10.2. The van der Waals surface area contributed by atoms with E-state index in [0.29, 0.717) is 30.2 Å². The van der Waals surface area contributed by atoms with Gasteiger partial charge >= 0.3 is 0 Å². The van der Waals surface area contributed by atoms with Gasteiger partial charge < -0.3 is 14.8 Å². The number of hydrogen-bond donors (Lipinski definition) is 1. The van der Waals surface area contributed by atoms with Gasteiger partial charge in [-0.2, -0.15) is 0 Å². The molecule has 3 rings (SSSR count). The summed E-state index contributed by atoms with van der Waals surface area (Å²) in [7, 11) is 0.